The van der Waals surface area contributed by atoms with E-state index in [4.69, 9.17) is 52.1 Å². The van der Waals surface area contributed by atoms with E-state index in [-0.39, 0.29) is 0 Å². The quantitative estimate of drug-likeness (QED) is 0.0882. The van der Waals surface area contributed by atoms with Crippen LogP contribution < -0.4 is 10.1 Å². The summed E-state index contributed by atoms with van der Waals surface area (Å²) < 4.78 is 60.7. The Labute approximate surface area is 268 Å². The Morgan fingerprint density at radius 3 is 1.18 bits per heavy atom. The SMILES string of the molecule is O=Cc1ccc(OCCOCCOCCOCCOCCOCCOCCOCCOCCOCCOC2CCNCC2)cc1. The van der Waals surface area contributed by atoms with E-state index in [9.17, 15) is 4.79 Å². The van der Waals surface area contributed by atoms with Crippen LogP contribution in [0.2, 0.25) is 0 Å². The molecule has 1 heterocycles. The highest BCUT2D eigenvalue weighted by molar-refractivity contribution is 5.74. The third-order valence-corrected chi connectivity index (χ3v) is 6.36. The average molecular weight is 646 g/mol. The molecule has 1 aromatic carbocycles. The number of hydrogen-bond donors (Lipinski definition) is 1. The van der Waals surface area contributed by atoms with E-state index in [1.165, 1.54) is 0 Å². The Balaban J connectivity index is 1.15. The third kappa shape index (κ3) is 25.1. The number of ether oxygens (including phenoxy) is 11. The molecule has 0 radical (unpaired) electrons. The van der Waals surface area contributed by atoms with Gasteiger partial charge in [-0.15, -0.1) is 0 Å². The zero-order chi connectivity index (χ0) is 31.7. The Hall–Kier alpha value is -1.75. The van der Waals surface area contributed by atoms with Crippen LogP contribution in [0.15, 0.2) is 24.3 Å². The maximum atomic E-state index is 10.6. The Kier molecular flexibility index (Phi) is 27.1. The minimum absolute atomic E-state index is 0.369. The van der Waals surface area contributed by atoms with Crippen molar-refractivity contribution in [3.8, 4) is 5.75 Å². The molecule has 1 fully saturated rings. The number of piperidine rings is 1. The smallest absolute Gasteiger partial charge is 0.150 e. The summed E-state index contributed by atoms with van der Waals surface area (Å²) in [7, 11) is 0. The molecule has 0 spiro atoms. The van der Waals surface area contributed by atoms with E-state index in [1.807, 2.05) is 0 Å². The van der Waals surface area contributed by atoms with Crippen LogP contribution in [-0.2, 0) is 47.4 Å². The van der Waals surface area contributed by atoms with Gasteiger partial charge in [-0.1, -0.05) is 0 Å². The maximum Gasteiger partial charge on any atom is 0.150 e. The van der Waals surface area contributed by atoms with E-state index in [2.05, 4.69) is 5.32 Å². The van der Waals surface area contributed by atoms with E-state index < -0.39 is 0 Å². The van der Waals surface area contributed by atoms with Gasteiger partial charge in [0, 0.05) is 5.56 Å². The first-order valence-electron chi connectivity index (χ1n) is 16.1. The van der Waals surface area contributed by atoms with Crippen LogP contribution in [0.4, 0.5) is 0 Å². The predicted molar refractivity (Wildman–Crippen MR) is 167 cm³/mol. The van der Waals surface area contributed by atoms with Crippen LogP contribution in [0.5, 0.6) is 5.75 Å². The highest BCUT2D eigenvalue weighted by atomic mass is 16.6. The fourth-order valence-electron chi connectivity index (χ4n) is 3.96. The van der Waals surface area contributed by atoms with Gasteiger partial charge in [-0.05, 0) is 50.2 Å². The molecule has 0 aliphatic carbocycles. The van der Waals surface area contributed by atoms with E-state index in [0.29, 0.717) is 150 Å². The van der Waals surface area contributed by atoms with Crippen molar-refractivity contribution in [2.45, 2.75) is 18.9 Å². The Bertz CT molecular complexity index is 767. The zero-order valence-electron chi connectivity index (χ0n) is 26.8. The minimum Gasteiger partial charge on any atom is -0.491 e. The highest BCUT2D eigenvalue weighted by Crippen LogP contribution is 2.10. The van der Waals surface area contributed by atoms with Crippen molar-refractivity contribution in [1.29, 1.82) is 0 Å². The van der Waals surface area contributed by atoms with E-state index in [1.54, 1.807) is 24.3 Å². The molecule has 13 nitrogen and oxygen atoms in total. The molecule has 260 valence electrons. The lowest BCUT2D eigenvalue weighted by Crippen LogP contribution is -2.33. The fourth-order valence-corrected chi connectivity index (χ4v) is 3.96. The second-order valence-electron chi connectivity index (χ2n) is 9.87. The van der Waals surface area contributed by atoms with Crippen molar-refractivity contribution in [1.82, 2.24) is 5.32 Å². The van der Waals surface area contributed by atoms with Crippen LogP contribution in [0, 0.1) is 0 Å². The molecule has 0 atom stereocenters. The molecule has 1 N–H and O–H groups in total. The van der Waals surface area contributed by atoms with Crippen LogP contribution >= 0.6 is 0 Å². The lowest BCUT2D eigenvalue weighted by molar-refractivity contribution is -0.0322. The Morgan fingerprint density at radius 2 is 0.822 bits per heavy atom. The summed E-state index contributed by atoms with van der Waals surface area (Å²) in [5.74, 6) is 0.706. The summed E-state index contributed by atoms with van der Waals surface area (Å²) in [5, 5.41) is 3.33. The summed E-state index contributed by atoms with van der Waals surface area (Å²) in [6.07, 6.45) is 3.33. The zero-order valence-corrected chi connectivity index (χ0v) is 26.8. The summed E-state index contributed by atoms with van der Waals surface area (Å²) in [5.41, 5.74) is 0.620. The fraction of sp³-hybridized carbons (Fsp3) is 0.781. The Morgan fingerprint density at radius 1 is 0.489 bits per heavy atom. The van der Waals surface area contributed by atoms with Gasteiger partial charge in [0.15, 0.2) is 0 Å². The molecule has 1 aliphatic rings. The molecular weight excluding hydrogens is 590 g/mol. The normalized spacial score (nSPS) is 13.8. The van der Waals surface area contributed by atoms with Crippen molar-refractivity contribution in [2.75, 3.05) is 145 Å². The molecule has 45 heavy (non-hydrogen) atoms. The predicted octanol–water partition coefficient (Wildman–Crippen LogP) is 1.80. The molecular formula is C32H55NO12. The van der Waals surface area contributed by atoms with Gasteiger partial charge in [0.1, 0.15) is 18.6 Å². The summed E-state index contributed by atoms with van der Waals surface area (Å²) in [6.45, 7) is 12.4. The van der Waals surface area contributed by atoms with Gasteiger partial charge in [-0.3, -0.25) is 4.79 Å². The van der Waals surface area contributed by atoms with Gasteiger partial charge in [0.05, 0.1) is 132 Å². The third-order valence-electron chi connectivity index (χ3n) is 6.36. The van der Waals surface area contributed by atoms with Crippen molar-refractivity contribution in [3.05, 3.63) is 29.8 Å². The molecule has 0 saturated carbocycles. The van der Waals surface area contributed by atoms with Crippen molar-refractivity contribution in [2.24, 2.45) is 0 Å². The first-order chi connectivity index (χ1) is 22.4. The van der Waals surface area contributed by atoms with Gasteiger partial charge in [-0.25, -0.2) is 0 Å². The van der Waals surface area contributed by atoms with Crippen molar-refractivity contribution >= 4 is 6.29 Å². The summed E-state index contributed by atoms with van der Waals surface area (Å²) in [4.78, 5) is 10.6. The number of carbonyl (C=O) groups is 1. The van der Waals surface area contributed by atoms with Crippen LogP contribution in [-0.4, -0.2) is 158 Å². The topological polar surface area (TPSA) is 131 Å². The van der Waals surface area contributed by atoms with Gasteiger partial charge >= 0.3 is 0 Å². The maximum absolute atomic E-state index is 10.6. The molecule has 1 aromatic rings. The number of carbonyl (C=O) groups excluding carboxylic acids is 1. The van der Waals surface area contributed by atoms with Gasteiger partial charge < -0.3 is 57.4 Å². The number of hydrogen-bond acceptors (Lipinski definition) is 13. The highest BCUT2D eigenvalue weighted by Gasteiger charge is 2.12. The van der Waals surface area contributed by atoms with Crippen molar-refractivity contribution in [3.63, 3.8) is 0 Å². The molecule has 0 amide bonds. The number of rotatable bonds is 33. The molecule has 2 rings (SSSR count). The van der Waals surface area contributed by atoms with E-state index in [0.717, 1.165) is 32.2 Å². The second-order valence-corrected chi connectivity index (χ2v) is 9.87. The summed E-state index contributed by atoms with van der Waals surface area (Å²) >= 11 is 0. The monoisotopic (exact) mass is 645 g/mol. The molecule has 0 bridgehead atoms. The van der Waals surface area contributed by atoms with Crippen LogP contribution in [0.3, 0.4) is 0 Å². The lowest BCUT2D eigenvalue weighted by Gasteiger charge is -2.22. The first kappa shape index (κ1) is 39.4. The van der Waals surface area contributed by atoms with E-state index >= 15 is 0 Å². The largest absolute Gasteiger partial charge is 0.491 e. The molecule has 0 aromatic heterocycles. The van der Waals surface area contributed by atoms with Gasteiger partial charge in [0.25, 0.3) is 0 Å². The first-order valence-corrected chi connectivity index (χ1v) is 16.1. The van der Waals surface area contributed by atoms with Gasteiger partial charge in [0.2, 0.25) is 0 Å². The molecule has 1 saturated heterocycles. The molecule has 1 aliphatic heterocycles. The second kappa shape index (κ2) is 30.9. The van der Waals surface area contributed by atoms with Crippen LogP contribution in [0.25, 0.3) is 0 Å². The molecule has 0 unspecified atom stereocenters. The van der Waals surface area contributed by atoms with Crippen LogP contribution in [0.1, 0.15) is 23.2 Å². The number of aldehydes is 1. The standard InChI is InChI=1S/C32H55NO12/c34-29-30-1-3-31(4-2-30)44-27-25-42-23-21-40-19-17-38-15-13-36-11-9-35-10-12-37-14-16-39-18-20-41-22-24-43-26-28-45-32-5-7-33-8-6-32/h1-4,29,32-33H,5-28H2. The lowest BCUT2D eigenvalue weighted by atomic mass is 10.1. The summed E-state index contributed by atoms with van der Waals surface area (Å²) in [6, 6.07) is 6.94. The average Bonchev–Trinajstić information content (AvgIpc) is 3.08. The molecule has 13 heteroatoms. The number of benzene rings is 1. The van der Waals surface area contributed by atoms with Gasteiger partial charge in [-0.2, -0.15) is 0 Å². The minimum atomic E-state index is 0.369. The van der Waals surface area contributed by atoms with Crippen molar-refractivity contribution < 1.29 is 56.9 Å². The number of nitrogens with one attached hydrogen (secondary N) is 1.